The molecular formula is C10H8O2S. The molecule has 0 radical (unpaired) electrons. The second kappa shape index (κ2) is 3.18. The van der Waals surface area contributed by atoms with Crippen LogP contribution in [0.25, 0.3) is 10.1 Å². The molecule has 0 N–H and O–H groups in total. The molecule has 2 nitrogen and oxygen atoms in total. The number of rotatable bonds is 1. The molecule has 3 heteroatoms. The van der Waals surface area contributed by atoms with E-state index in [1.807, 2.05) is 18.2 Å². The van der Waals surface area contributed by atoms with Crippen LogP contribution in [0.5, 0.6) is 5.75 Å². The third-order valence-electron chi connectivity index (χ3n) is 1.87. The van der Waals surface area contributed by atoms with Crippen molar-refractivity contribution in [2.45, 2.75) is 0 Å². The maximum atomic E-state index is 11.4. The molecule has 0 unspecified atom stereocenters. The Morgan fingerprint density at radius 3 is 2.92 bits per heavy atom. The summed E-state index contributed by atoms with van der Waals surface area (Å²) < 4.78 is 6.07. The van der Waals surface area contributed by atoms with E-state index in [9.17, 15) is 4.79 Å². The summed E-state index contributed by atoms with van der Waals surface area (Å²) in [5, 5.41) is 2.51. The van der Waals surface area contributed by atoms with E-state index in [1.54, 1.807) is 18.6 Å². The maximum Gasteiger partial charge on any atom is 0.188 e. The van der Waals surface area contributed by atoms with E-state index in [0.717, 1.165) is 15.8 Å². The van der Waals surface area contributed by atoms with Gasteiger partial charge in [0, 0.05) is 5.39 Å². The van der Waals surface area contributed by atoms with Gasteiger partial charge in [-0.1, -0.05) is 6.07 Å². The van der Waals surface area contributed by atoms with E-state index in [-0.39, 0.29) is 5.43 Å². The number of benzene rings is 1. The van der Waals surface area contributed by atoms with Gasteiger partial charge in [-0.3, -0.25) is 4.79 Å². The Balaban J connectivity index is 2.92. The molecule has 1 heterocycles. The molecule has 1 aromatic carbocycles. The molecule has 13 heavy (non-hydrogen) atoms. The van der Waals surface area contributed by atoms with Crippen molar-refractivity contribution in [3.63, 3.8) is 0 Å². The number of fused-ring (bicyclic) bond motifs is 1. The van der Waals surface area contributed by atoms with Crippen molar-refractivity contribution in [3.05, 3.63) is 39.9 Å². The normalized spacial score (nSPS) is 10.2. The van der Waals surface area contributed by atoms with Crippen molar-refractivity contribution >= 4 is 21.4 Å². The summed E-state index contributed by atoms with van der Waals surface area (Å²) in [5.74, 6) is 0.764. The Kier molecular flexibility index (Phi) is 2.02. The van der Waals surface area contributed by atoms with E-state index < -0.39 is 0 Å². The van der Waals surface area contributed by atoms with Crippen LogP contribution in [-0.4, -0.2) is 7.11 Å². The highest BCUT2D eigenvalue weighted by molar-refractivity contribution is 7.17. The predicted octanol–water partition coefficient (Wildman–Crippen LogP) is 2.27. The number of methoxy groups -OCH3 is 1. The summed E-state index contributed by atoms with van der Waals surface area (Å²) in [6.45, 7) is 0. The molecule has 2 aromatic rings. The SMILES string of the molecule is COc1cccc2c(=O)ccsc12. The lowest BCUT2D eigenvalue weighted by Crippen LogP contribution is -1.97. The topological polar surface area (TPSA) is 26.3 Å². The van der Waals surface area contributed by atoms with Gasteiger partial charge in [0.1, 0.15) is 5.75 Å². The number of hydrogen-bond donors (Lipinski definition) is 0. The van der Waals surface area contributed by atoms with Gasteiger partial charge in [0.15, 0.2) is 5.43 Å². The van der Waals surface area contributed by atoms with Crippen LogP contribution in [0.1, 0.15) is 0 Å². The fraction of sp³-hybridized carbons (Fsp3) is 0.100. The van der Waals surface area contributed by atoms with Crippen LogP contribution >= 0.6 is 11.3 Å². The molecule has 0 aliphatic carbocycles. The third kappa shape index (κ3) is 1.31. The molecule has 0 saturated carbocycles. The van der Waals surface area contributed by atoms with Crippen LogP contribution in [0.2, 0.25) is 0 Å². The second-order valence-corrected chi connectivity index (χ2v) is 3.54. The first kappa shape index (κ1) is 8.26. The van der Waals surface area contributed by atoms with Crippen LogP contribution in [-0.2, 0) is 0 Å². The Labute approximate surface area is 79.4 Å². The average Bonchev–Trinajstić information content (AvgIpc) is 2.18. The van der Waals surface area contributed by atoms with Crippen molar-refractivity contribution in [2.75, 3.05) is 7.11 Å². The van der Waals surface area contributed by atoms with E-state index in [1.165, 1.54) is 11.3 Å². The molecular weight excluding hydrogens is 184 g/mol. The summed E-state index contributed by atoms with van der Waals surface area (Å²) in [4.78, 5) is 11.4. The van der Waals surface area contributed by atoms with Gasteiger partial charge in [0.05, 0.1) is 11.8 Å². The van der Waals surface area contributed by atoms with Gasteiger partial charge in [-0.15, -0.1) is 11.3 Å². The quantitative estimate of drug-likeness (QED) is 0.692. The van der Waals surface area contributed by atoms with E-state index >= 15 is 0 Å². The summed E-state index contributed by atoms with van der Waals surface area (Å²) >= 11 is 1.52. The van der Waals surface area contributed by atoms with Gasteiger partial charge in [-0.25, -0.2) is 0 Å². The lowest BCUT2D eigenvalue weighted by Gasteiger charge is -2.02. The van der Waals surface area contributed by atoms with Crippen molar-refractivity contribution in [1.29, 1.82) is 0 Å². The molecule has 0 atom stereocenters. The lowest BCUT2D eigenvalue weighted by molar-refractivity contribution is 0.420. The van der Waals surface area contributed by atoms with E-state index in [4.69, 9.17) is 4.74 Å². The van der Waals surface area contributed by atoms with E-state index in [2.05, 4.69) is 0 Å². The summed E-state index contributed by atoms with van der Waals surface area (Å²) in [7, 11) is 1.61. The Morgan fingerprint density at radius 1 is 1.31 bits per heavy atom. The first-order chi connectivity index (χ1) is 6.33. The molecule has 0 spiro atoms. The van der Waals surface area contributed by atoms with Gasteiger partial charge in [-0.05, 0) is 23.6 Å². The van der Waals surface area contributed by atoms with Crippen LogP contribution < -0.4 is 10.2 Å². The highest BCUT2D eigenvalue weighted by Gasteiger charge is 2.02. The molecule has 1 aromatic heterocycles. The molecule has 0 bridgehead atoms. The van der Waals surface area contributed by atoms with Crippen LogP contribution in [0.4, 0.5) is 0 Å². The highest BCUT2D eigenvalue weighted by atomic mass is 32.1. The van der Waals surface area contributed by atoms with Gasteiger partial charge in [-0.2, -0.15) is 0 Å². The first-order valence-corrected chi connectivity index (χ1v) is 4.75. The predicted molar refractivity (Wildman–Crippen MR) is 54.6 cm³/mol. The minimum atomic E-state index is 0.0488. The van der Waals surface area contributed by atoms with Gasteiger partial charge >= 0.3 is 0 Å². The lowest BCUT2D eigenvalue weighted by atomic mass is 10.2. The molecule has 0 aliphatic heterocycles. The molecule has 2 rings (SSSR count). The summed E-state index contributed by atoms with van der Waals surface area (Å²) in [5.41, 5.74) is 0.0488. The fourth-order valence-corrected chi connectivity index (χ4v) is 2.14. The minimum Gasteiger partial charge on any atom is -0.495 e. The monoisotopic (exact) mass is 192 g/mol. The van der Waals surface area contributed by atoms with Crippen molar-refractivity contribution < 1.29 is 4.74 Å². The Hall–Kier alpha value is -1.35. The average molecular weight is 192 g/mol. The standard InChI is InChI=1S/C10H8O2S/c1-12-9-4-2-3-7-8(11)5-6-13-10(7)9/h2-6H,1H3. The van der Waals surface area contributed by atoms with Crippen LogP contribution in [0.15, 0.2) is 34.4 Å². The molecule has 66 valence electrons. The largest absolute Gasteiger partial charge is 0.495 e. The van der Waals surface area contributed by atoms with Gasteiger partial charge in [0.25, 0.3) is 0 Å². The van der Waals surface area contributed by atoms with Gasteiger partial charge < -0.3 is 4.74 Å². The van der Waals surface area contributed by atoms with Crippen molar-refractivity contribution in [2.24, 2.45) is 0 Å². The smallest absolute Gasteiger partial charge is 0.188 e. The molecule has 0 amide bonds. The minimum absolute atomic E-state index is 0.0488. The van der Waals surface area contributed by atoms with E-state index in [0.29, 0.717) is 0 Å². The Morgan fingerprint density at radius 2 is 2.15 bits per heavy atom. The second-order valence-electron chi connectivity index (χ2n) is 2.62. The van der Waals surface area contributed by atoms with Crippen molar-refractivity contribution in [3.8, 4) is 5.75 Å². The molecule has 0 saturated heterocycles. The van der Waals surface area contributed by atoms with Gasteiger partial charge in [0.2, 0.25) is 0 Å². The third-order valence-corrected chi connectivity index (χ3v) is 2.80. The fourth-order valence-electron chi connectivity index (χ4n) is 1.25. The first-order valence-electron chi connectivity index (χ1n) is 3.87. The molecule has 0 aliphatic rings. The Bertz CT molecular complexity index is 487. The zero-order chi connectivity index (χ0) is 9.26. The summed E-state index contributed by atoms with van der Waals surface area (Å²) in [6, 6.07) is 7.08. The zero-order valence-corrected chi connectivity index (χ0v) is 7.93. The zero-order valence-electron chi connectivity index (χ0n) is 7.11. The summed E-state index contributed by atoms with van der Waals surface area (Å²) in [6.07, 6.45) is 0. The highest BCUT2D eigenvalue weighted by Crippen LogP contribution is 2.25. The molecule has 0 fully saturated rings. The van der Waals surface area contributed by atoms with Crippen molar-refractivity contribution in [1.82, 2.24) is 0 Å². The number of ether oxygens (including phenoxy) is 1. The van der Waals surface area contributed by atoms with Crippen LogP contribution in [0.3, 0.4) is 0 Å². The van der Waals surface area contributed by atoms with Crippen LogP contribution in [0, 0.1) is 0 Å². The maximum absolute atomic E-state index is 11.4. The number of hydrogen-bond acceptors (Lipinski definition) is 3.